The largest absolute Gasteiger partial charge is 0.371 e. The van der Waals surface area contributed by atoms with Crippen LogP contribution in [0, 0.1) is 11.6 Å². The molecular formula is C13H20F2N4O. The van der Waals surface area contributed by atoms with Gasteiger partial charge < -0.3 is 15.5 Å². The first kappa shape index (κ1) is 16.1. The number of halogens is 2. The number of aromatic nitrogens is 1. The maximum Gasteiger partial charge on any atom is 0.224 e. The van der Waals surface area contributed by atoms with Crippen LogP contribution in [0.2, 0.25) is 0 Å². The zero-order chi connectivity index (χ0) is 15.1. The number of hydrogen-bond acceptors (Lipinski definition) is 4. The lowest BCUT2D eigenvalue weighted by atomic mass is 10.3. The Morgan fingerprint density at radius 2 is 1.85 bits per heavy atom. The molecule has 0 aromatic carbocycles. The third-order valence-corrected chi connectivity index (χ3v) is 2.91. The fourth-order valence-corrected chi connectivity index (χ4v) is 1.79. The fraction of sp³-hybridized carbons (Fsp3) is 0.538. The third-order valence-electron chi connectivity index (χ3n) is 2.91. The van der Waals surface area contributed by atoms with Crippen LogP contribution in [0.15, 0.2) is 6.07 Å². The number of rotatable bonds is 7. The van der Waals surface area contributed by atoms with Crippen LogP contribution in [0.3, 0.4) is 0 Å². The number of pyridine rings is 1. The van der Waals surface area contributed by atoms with Gasteiger partial charge in [-0.1, -0.05) is 0 Å². The number of carbonyl (C=O) groups is 1. The van der Waals surface area contributed by atoms with Crippen molar-refractivity contribution in [2.24, 2.45) is 0 Å². The second-order valence-corrected chi connectivity index (χ2v) is 4.14. The Morgan fingerprint density at radius 3 is 2.40 bits per heavy atom. The van der Waals surface area contributed by atoms with Crippen molar-refractivity contribution in [1.82, 2.24) is 9.88 Å². The monoisotopic (exact) mass is 286 g/mol. The number of nitrogens with zero attached hydrogens (tertiary/aromatic N) is 2. The van der Waals surface area contributed by atoms with Gasteiger partial charge in [0.15, 0.2) is 23.3 Å². The molecule has 112 valence electrons. The van der Waals surface area contributed by atoms with Gasteiger partial charge >= 0.3 is 0 Å². The zero-order valence-corrected chi connectivity index (χ0v) is 12.0. The highest BCUT2D eigenvalue weighted by Crippen LogP contribution is 2.18. The molecule has 0 aliphatic rings. The standard InChI is InChI=1S/C13H20F2N4O/c1-4-19(5-2)11(20)6-7-17-13-10(15)8-9(14)12(16-3)18-13/h8H,4-7H2,1-3H3,(H2,16,17,18). The van der Waals surface area contributed by atoms with Crippen molar-refractivity contribution < 1.29 is 13.6 Å². The van der Waals surface area contributed by atoms with Crippen LogP contribution in [-0.4, -0.2) is 42.5 Å². The average molecular weight is 286 g/mol. The van der Waals surface area contributed by atoms with E-state index in [9.17, 15) is 13.6 Å². The van der Waals surface area contributed by atoms with E-state index in [2.05, 4.69) is 15.6 Å². The molecule has 0 saturated heterocycles. The number of anilines is 2. The van der Waals surface area contributed by atoms with Gasteiger partial charge in [-0.15, -0.1) is 0 Å². The minimum atomic E-state index is -0.781. The predicted molar refractivity (Wildman–Crippen MR) is 74.7 cm³/mol. The van der Waals surface area contributed by atoms with E-state index < -0.39 is 11.6 Å². The molecule has 0 aliphatic heterocycles. The second-order valence-electron chi connectivity index (χ2n) is 4.14. The molecule has 0 fully saturated rings. The summed E-state index contributed by atoms with van der Waals surface area (Å²) in [6, 6.07) is 0.757. The average Bonchev–Trinajstić information content (AvgIpc) is 2.42. The summed E-state index contributed by atoms with van der Waals surface area (Å²) >= 11 is 0. The molecule has 1 aromatic heterocycles. The second kappa shape index (κ2) is 7.62. The summed E-state index contributed by atoms with van der Waals surface area (Å²) in [5.74, 6) is -1.66. The Balaban J connectivity index is 2.60. The van der Waals surface area contributed by atoms with Crippen LogP contribution in [0.5, 0.6) is 0 Å². The number of nitrogens with one attached hydrogen (secondary N) is 2. The minimum absolute atomic E-state index is 0.0149. The maximum absolute atomic E-state index is 13.5. The lowest BCUT2D eigenvalue weighted by molar-refractivity contribution is -0.130. The minimum Gasteiger partial charge on any atom is -0.371 e. The van der Waals surface area contributed by atoms with Crippen molar-refractivity contribution in [3.05, 3.63) is 17.7 Å². The first-order valence-electron chi connectivity index (χ1n) is 6.58. The molecule has 0 spiro atoms. The van der Waals surface area contributed by atoms with Crippen molar-refractivity contribution in [2.45, 2.75) is 20.3 Å². The van der Waals surface area contributed by atoms with Gasteiger partial charge in [-0.2, -0.15) is 0 Å². The molecule has 20 heavy (non-hydrogen) atoms. The Morgan fingerprint density at radius 1 is 1.25 bits per heavy atom. The first-order valence-corrected chi connectivity index (χ1v) is 6.58. The summed E-state index contributed by atoms with van der Waals surface area (Å²) in [7, 11) is 1.50. The van der Waals surface area contributed by atoms with Gasteiger partial charge in [-0.3, -0.25) is 4.79 Å². The van der Waals surface area contributed by atoms with E-state index in [4.69, 9.17) is 0 Å². The van der Waals surface area contributed by atoms with Gasteiger partial charge in [0.2, 0.25) is 5.91 Å². The van der Waals surface area contributed by atoms with E-state index in [1.807, 2.05) is 13.8 Å². The molecule has 0 unspecified atom stereocenters. The molecule has 7 heteroatoms. The van der Waals surface area contributed by atoms with E-state index in [-0.39, 0.29) is 30.5 Å². The van der Waals surface area contributed by atoms with Crippen LogP contribution >= 0.6 is 0 Å². The Labute approximate surface area is 117 Å². The topological polar surface area (TPSA) is 57.3 Å². The molecule has 1 rings (SSSR count). The molecule has 0 radical (unpaired) electrons. The van der Waals surface area contributed by atoms with Crippen molar-refractivity contribution in [2.75, 3.05) is 37.3 Å². The van der Waals surface area contributed by atoms with Crippen molar-refractivity contribution in [3.8, 4) is 0 Å². The highest BCUT2D eigenvalue weighted by Gasteiger charge is 2.12. The van der Waals surface area contributed by atoms with E-state index in [1.54, 1.807) is 4.90 Å². The normalized spacial score (nSPS) is 10.2. The SMILES string of the molecule is CCN(CC)C(=O)CCNc1nc(NC)c(F)cc1F. The molecular weight excluding hydrogens is 266 g/mol. The van der Waals surface area contributed by atoms with Crippen LogP contribution in [-0.2, 0) is 4.79 Å². The Kier molecular flexibility index (Phi) is 6.14. The summed E-state index contributed by atoms with van der Waals surface area (Å²) in [6.45, 7) is 5.32. The van der Waals surface area contributed by atoms with Gasteiger partial charge in [0, 0.05) is 39.2 Å². The highest BCUT2D eigenvalue weighted by atomic mass is 19.1. The van der Waals surface area contributed by atoms with E-state index >= 15 is 0 Å². The van der Waals surface area contributed by atoms with Gasteiger partial charge in [0.1, 0.15) is 0 Å². The molecule has 0 bridgehead atoms. The van der Waals surface area contributed by atoms with Gasteiger partial charge in [-0.05, 0) is 13.8 Å². The molecule has 0 aliphatic carbocycles. The van der Waals surface area contributed by atoms with Gasteiger partial charge in [0.25, 0.3) is 0 Å². The van der Waals surface area contributed by atoms with Gasteiger partial charge in [-0.25, -0.2) is 13.8 Å². The van der Waals surface area contributed by atoms with Crippen LogP contribution in [0.1, 0.15) is 20.3 Å². The molecule has 1 heterocycles. The Hall–Kier alpha value is -1.92. The van der Waals surface area contributed by atoms with E-state index in [1.165, 1.54) is 7.05 Å². The van der Waals surface area contributed by atoms with E-state index in [0.717, 1.165) is 6.07 Å². The van der Waals surface area contributed by atoms with Crippen LogP contribution in [0.25, 0.3) is 0 Å². The number of amides is 1. The maximum atomic E-state index is 13.5. The number of hydrogen-bond donors (Lipinski definition) is 2. The molecule has 5 nitrogen and oxygen atoms in total. The highest BCUT2D eigenvalue weighted by molar-refractivity contribution is 5.76. The lowest BCUT2D eigenvalue weighted by Gasteiger charge is -2.18. The summed E-state index contributed by atoms with van der Waals surface area (Å²) in [5, 5.41) is 5.24. The summed E-state index contributed by atoms with van der Waals surface area (Å²) in [5.41, 5.74) is 0. The van der Waals surface area contributed by atoms with Crippen LogP contribution in [0.4, 0.5) is 20.4 Å². The summed E-state index contributed by atoms with van der Waals surface area (Å²) in [4.78, 5) is 17.2. The zero-order valence-electron chi connectivity index (χ0n) is 12.0. The summed E-state index contributed by atoms with van der Waals surface area (Å²) in [6.07, 6.45) is 0.231. The third kappa shape index (κ3) is 4.04. The molecule has 1 aromatic rings. The Bertz CT molecular complexity index is 464. The molecule has 1 amide bonds. The van der Waals surface area contributed by atoms with Gasteiger partial charge in [0.05, 0.1) is 0 Å². The van der Waals surface area contributed by atoms with Crippen LogP contribution < -0.4 is 10.6 Å². The lowest BCUT2D eigenvalue weighted by Crippen LogP contribution is -2.31. The first-order chi connectivity index (χ1) is 9.53. The predicted octanol–water partition coefficient (Wildman–Crippen LogP) is 2.07. The smallest absolute Gasteiger partial charge is 0.224 e. The molecule has 0 saturated carbocycles. The summed E-state index contributed by atoms with van der Waals surface area (Å²) < 4.78 is 26.7. The van der Waals surface area contributed by atoms with Crippen molar-refractivity contribution in [1.29, 1.82) is 0 Å². The van der Waals surface area contributed by atoms with Crippen molar-refractivity contribution >= 4 is 17.5 Å². The number of carbonyl (C=O) groups excluding carboxylic acids is 1. The fourth-order valence-electron chi connectivity index (χ4n) is 1.79. The molecule has 0 atom stereocenters. The quantitative estimate of drug-likeness (QED) is 0.805. The van der Waals surface area contributed by atoms with E-state index in [0.29, 0.717) is 13.1 Å². The van der Waals surface area contributed by atoms with Crippen molar-refractivity contribution in [3.63, 3.8) is 0 Å². The molecule has 2 N–H and O–H groups in total.